The second-order valence-corrected chi connectivity index (χ2v) is 6.48. The first-order valence-electron chi connectivity index (χ1n) is 9.62. The molecule has 3 aromatic rings. The summed E-state index contributed by atoms with van der Waals surface area (Å²) in [6.45, 7) is 5.10. The molecule has 168 valence electrons. The fourth-order valence-corrected chi connectivity index (χ4v) is 3.07. The molecule has 0 aliphatic heterocycles. The molecule has 0 bridgehead atoms. The number of aromatic hydroxyl groups is 1. The molecule has 0 unspecified atom stereocenters. The zero-order chi connectivity index (χ0) is 23.3. The molecule has 2 aromatic carbocycles. The summed E-state index contributed by atoms with van der Waals surface area (Å²) in [6, 6.07) is 7.09. The number of rotatable bonds is 10. The van der Waals surface area contributed by atoms with Gasteiger partial charge in [-0.25, -0.2) is 4.79 Å². The molecular weight excluding hydrogens is 420 g/mol. The second-order valence-electron chi connectivity index (χ2n) is 6.48. The molecule has 0 amide bonds. The Hall–Kier alpha value is -4.14. The quantitative estimate of drug-likeness (QED) is 0.453. The van der Waals surface area contributed by atoms with Gasteiger partial charge in [0.05, 0.1) is 19.3 Å². The Kier molecular flexibility index (Phi) is 6.89. The van der Waals surface area contributed by atoms with Gasteiger partial charge in [-0.3, -0.25) is 4.79 Å². The molecule has 0 aliphatic carbocycles. The van der Waals surface area contributed by atoms with Crippen LogP contribution in [0.25, 0.3) is 22.3 Å². The van der Waals surface area contributed by atoms with Crippen molar-refractivity contribution in [3.05, 3.63) is 53.2 Å². The van der Waals surface area contributed by atoms with Gasteiger partial charge >= 0.3 is 5.97 Å². The second kappa shape index (κ2) is 9.78. The van der Waals surface area contributed by atoms with Crippen LogP contribution in [0.3, 0.4) is 0 Å². The first-order valence-corrected chi connectivity index (χ1v) is 9.62. The molecule has 1 heterocycles. The molecule has 3 rings (SSSR count). The van der Waals surface area contributed by atoms with Crippen LogP contribution in [0.2, 0.25) is 0 Å². The SMILES string of the molecule is C=CCOc1cc(O)c2c(=O)cc(-c3ccc(OC)c(OCC)c3OCC(=O)O)oc2c1. The van der Waals surface area contributed by atoms with E-state index >= 15 is 0 Å². The minimum Gasteiger partial charge on any atom is -0.507 e. The number of aliphatic carboxylic acids is 1. The van der Waals surface area contributed by atoms with Crippen molar-refractivity contribution in [3.63, 3.8) is 0 Å². The van der Waals surface area contributed by atoms with E-state index < -0.39 is 18.0 Å². The van der Waals surface area contributed by atoms with Crippen LogP contribution in [0.1, 0.15) is 6.92 Å². The first-order chi connectivity index (χ1) is 15.4. The lowest BCUT2D eigenvalue weighted by atomic mass is 10.1. The van der Waals surface area contributed by atoms with Crippen molar-refractivity contribution < 1.29 is 38.4 Å². The largest absolute Gasteiger partial charge is 0.507 e. The fraction of sp³-hybridized carbons (Fsp3) is 0.217. The van der Waals surface area contributed by atoms with Crippen molar-refractivity contribution in [2.45, 2.75) is 6.92 Å². The monoisotopic (exact) mass is 442 g/mol. The van der Waals surface area contributed by atoms with Crippen molar-refractivity contribution in [2.75, 3.05) is 26.9 Å². The van der Waals surface area contributed by atoms with Crippen LogP contribution in [0.5, 0.6) is 28.7 Å². The number of hydrogen-bond donors (Lipinski definition) is 2. The minimum atomic E-state index is -1.20. The Morgan fingerprint density at radius 3 is 2.59 bits per heavy atom. The van der Waals surface area contributed by atoms with E-state index in [1.807, 2.05) is 0 Å². The van der Waals surface area contributed by atoms with Gasteiger partial charge in [0.25, 0.3) is 0 Å². The number of phenolic OH excluding ortho intramolecular Hbond substituents is 1. The van der Waals surface area contributed by atoms with E-state index in [2.05, 4.69) is 6.58 Å². The van der Waals surface area contributed by atoms with Crippen molar-refractivity contribution >= 4 is 16.9 Å². The molecule has 0 spiro atoms. The van der Waals surface area contributed by atoms with Gasteiger partial charge in [-0.15, -0.1) is 0 Å². The van der Waals surface area contributed by atoms with Gasteiger partial charge in [-0.2, -0.15) is 0 Å². The number of ether oxygens (including phenoxy) is 4. The normalized spacial score (nSPS) is 10.6. The zero-order valence-electron chi connectivity index (χ0n) is 17.5. The van der Waals surface area contributed by atoms with E-state index in [0.29, 0.717) is 5.75 Å². The molecule has 0 saturated heterocycles. The van der Waals surface area contributed by atoms with Crippen LogP contribution in [-0.2, 0) is 4.79 Å². The Labute approximate surface area is 183 Å². The Balaban J connectivity index is 2.24. The lowest BCUT2D eigenvalue weighted by Gasteiger charge is -2.17. The Morgan fingerprint density at radius 2 is 1.94 bits per heavy atom. The summed E-state index contributed by atoms with van der Waals surface area (Å²) in [5, 5.41) is 19.3. The standard InChI is InChI=1S/C23H22O9/c1-4-8-30-13-9-15(24)21-16(25)11-18(32-19(21)10-13)14-6-7-17(28-3)23(29-5-2)22(14)31-12-20(26)27/h4,6-7,9-11,24H,1,5,8,12H2,2-3H3,(H,26,27). The fourth-order valence-electron chi connectivity index (χ4n) is 3.07. The molecule has 9 nitrogen and oxygen atoms in total. The molecule has 0 atom stereocenters. The van der Waals surface area contributed by atoms with E-state index in [9.17, 15) is 14.7 Å². The van der Waals surface area contributed by atoms with Crippen molar-refractivity contribution in [1.29, 1.82) is 0 Å². The van der Waals surface area contributed by atoms with Gasteiger partial charge in [0.15, 0.2) is 23.5 Å². The van der Waals surface area contributed by atoms with E-state index in [0.717, 1.165) is 0 Å². The molecule has 0 radical (unpaired) electrons. The lowest BCUT2D eigenvalue weighted by molar-refractivity contribution is -0.139. The third-order valence-corrected chi connectivity index (χ3v) is 4.34. The van der Waals surface area contributed by atoms with Crippen LogP contribution in [-0.4, -0.2) is 43.1 Å². The predicted octanol–water partition coefficient (Wildman–Crippen LogP) is 3.60. The van der Waals surface area contributed by atoms with Crippen LogP contribution in [0.4, 0.5) is 0 Å². The third-order valence-electron chi connectivity index (χ3n) is 4.34. The highest BCUT2D eigenvalue weighted by Gasteiger charge is 2.22. The van der Waals surface area contributed by atoms with Crippen LogP contribution >= 0.6 is 0 Å². The van der Waals surface area contributed by atoms with Gasteiger partial charge in [0.1, 0.15) is 34.8 Å². The van der Waals surface area contributed by atoms with Crippen molar-refractivity contribution in [3.8, 4) is 40.1 Å². The number of carbonyl (C=O) groups is 1. The number of methoxy groups -OCH3 is 1. The van der Waals surface area contributed by atoms with Crippen LogP contribution in [0, 0.1) is 0 Å². The summed E-state index contributed by atoms with van der Waals surface area (Å²) in [4.78, 5) is 23.9. The zero-order valence-corrected chi connectivity index (χ0v) is 17.5. The van der Waals surface area contributed by atoms with Gasteiger partial charge in [-0.05, 0) is 19.1 Å². The van der Waals surface area contributed by atoms with Crippen LogP contribution in [0.15, 0.2) is 52.2 Å². The van der Waals surface area contributed by atoms with Crippen LogP contribution < -0.4 is 24.4 Å². The number of benzene rings is 2. The topological polar surface area (TPSA) is 125 Å². The number of carboxylic acids is 1. The molecule has 9 heteroatoms. The summed E-state index contributed by atoms with van der Waals surface area (Å²) < 4.78 is 27.7. The van der Waals surface area contributed by atoms with Gasteiger partial charge in [0.2, 0.25) is 5.75 Å². The molecule has 0 fully saturated rings. The minimum absolute atomic E-state index is 0.0220. The highest BCUT2D eigenvalue weighted by Crippen LogP contribution is 2.45. The average Bonchev–Trinajstić information content (AvgIpc) is 2.75. The number of carboxylic acid groups (broad SMARTS) is 1. The number of fused-ring (bicyclic) bond motifs is 1. The number of phenols is 1. The molecule has 2 N–H and O–H groups in total. The lowest BCUT2D eigenvalue weighted by Crippen LogP contribution is -2.12. The van der Waals surface area contributed by atoms with E-state index in [-0.39, 0.29) is 58.5 Å². The molecule has 1 aromatic heterocycles. The maximum absolute atomic E-state index is 12.8. The predicted molar refractivity (Wildman–Crippen MR) is 116 cm³/mol. The van der Waals surface area contributed by atoms with Gasteiger partial charge in [-0.1, -0.05) is 12.7 Å². The smallest absolute Gasteiger partial charge is 0.341 e. The van der Waals surface area contributed by atoms with Gasteiger partial charge in [0, 0.05) is 18.2 Å². The molecular formula is C23H22O9. The molecule has 32 heavy (non-hydrogen) atoms. The number of hydrogen-bond acceptors (Lipinski definition) is 8. The van der Waals surface area contributed by atoms with E-state index in [1.54, 1.807) is 19.1 Å². The van der Waals surface area contributed by atoms with E-state index in [1.165, 1.54) is 31.4 Å². The Morgan fingerprint density at radius 1 is 1.16 bits per heavy atom. The highest BCUT2D eigenvalue weighted by atomic mass is 16.5. The van der Waals surface area contributed by atoms with Crippen molar-refractivity contribution in [1.82, 2.24) is 0 Å². The summed E-state index contributed by atoms with van der Waals surface area (Å²) >= 11 is 0. The summed E-state index contributed by atoms with van der Waals surface area (Å²) in [6.07, 6.45) is 1.53. The maximum Gasteiger partial charge on any atom is 0.341 e. The molecule has 0 aliphatic rings. The average molecular weight is 442 g/mol. The summed E-state index contributed by atoms with van der Waals surface area (Å²) in [7, 11) is 1.43. The molecule has 0 saturated carbocycles. The van der Waals surface area contributed by atoms with E-state index in [4.69, 9.17) is 28.5 Å². The summed E-state index contributed by atoms with van der Waals surface area (Å²) in [5.74, 6) is -0.614. The first kappa shape index (κ1) is 22.5. The Bertz CT molecular complexity index is 1210. The highest BCUT2D eigenvalue weighted by molar-refractivity contribution is 5.87. The maximum atomic E-state index is 12.8. The van der Waals surface area contributed by atoms with Crippen molar-refractivity contribution in [2.24, 2.45) is 0 Å². The third kappa shape index (κ3) is 4.61. The summed E-state index contributed by atoms with van der Waals surface area (Å²) in [5.41, 5.74) is -0.164. The van der Waals surface area contributed by atoms with Gasteiger partial charge < -0.3 is 33.6 Å².